The normalized spacial score (nSPS) is 11.3. The van der Waals surface area contributed by atoms with Crippen LogP contribution in [-0.4, -0.2) is 16.5 Å². The van der Waals surface area contributed by atoms with Crippen molar-refractivity contribution in [2.45, 2.75) is 0 Å². The van der Waals surface area contributed by atoms with Gasteiger partial charge in [-0.05, 0) is 0 Å². The van der Waals surface area contributed by atoms with Crippen LogP contribution in [0.5, 0.6) is 0 Å². The quantitative estimate of drug-likeness (QED) is 0.535. The Labute approximate surface area is 126 Å². The molecule has 3 aromatic rings. The first-order valence-corrected chi connectivity index (χ1v) is 7.36. The van der Waals surface area contributed by atoms with Crippen molar-refractivity contribution in [3.8, 4) is 0 Å². The van der Waals surface area contributed by atoms with Gasteiger partial charge in [0.15, 0.2) is 0 Å². The Hall–Kier alpha value is -2.59. The van der Waals surface area contributed by atoms with Crippen LogP contribution < -0.4 is 0 Å². The van der Waals surface area contributed by atoms with E-state index < -0.39 is 0 Å². The molecular formula is C17H12N2OS. The van der Waals surface area contributed by atoms with Crippen molar-refractivity contribution in [1.29, 1.82) is 0 Å². The fraction of sp³-hybridized carbons (Fsp3) is 0. The number of aromatic nitrogens is 1. The van der Waals surface area contributed by atoms with E-state index in [2.05, 4.69) is 9.98 Å². The second-order valence-electron chi connectivity index (χ2n) is 4.34. The largest absolute Gasteiger partial charge is 0.287 e. The lowest BCUT2D eigenvalue weighted by Crippen LogP contribution is -2.15. The SMILES string of the molecule is O=C(/C(=N/c1nccs1)c1ccccc1)c1ccccc1. The highest BCUT2D eigenvalue weighted by atomic mass is 32.1. The third-order valence-electron chi connectivity index (χ3n) is 2.93. The van der Waals surface area contributed by atoms with E-state index in [9.17, 15) is 4.79 Å². The molecule has 0 N–H and O–H groups in total. The number of Topliss-reactive ketones (excluding diaryl/α,β-unsaturated/α-hetero) is 1. The van der Waals surface area contributed by atoms with Gasteiger partial charge in [0.05, 0.1) is 0 Å². The number of nitrogens with zero attached hydrogens (tertiary/aromatic N) is 2. The molecule has 0 unspecified atom stereocenters. The highest BCUT2D eigenvalue weighted by Gasteiger charge is 2.16. The average Bonchev–Trinajstić information content (AvgIpc) is 3.07. The number of thiazole rings is 1. The smallest absolute Gasteiger partial charge is 0.212 e. The lowest BCUT2D eigenvalue weighted by Gasteiger charge is -2.05. The molecule has 21 heavy (non-hydrogen) atoms. The molecule has 0 radical (unpaired) electrons. The second kappa shape index (κ2) is 6.24. The molecule has 102 valence electrons. The number of rotatable bonds is 4. The third kappa shape index (κ3) is 3.12. The molecule has 0 fully saturated rings. The van der Waals surface area contributed by atoms with Crippen LogP contribution in [0.15, 0.2) is 77.2 Å². The molecule has 2 aromatic carbocycles. The van der Waals surface area contributed by atoms with E-state index in [1.165, 1.54) is 11.3 Å². The Morgan fingerprint density at radius 3 is 2.10 bits per heavy atom. The van der Waals surface area contributed by atoms with Gasteiger partial charge in [0.25, 0.3) is 0 Å². The maximum Gasteiger partial charge on any atom is 0.212 e. The fourth-order valence-corrected chi connectivity index (χ4v) is 2.44. The summed E-state index contributed by atoms with van der Waals surface area (Å²) < 4.78 is 0. The van der Waals surface area contributed by atoms with Gasteiger partial charge < -0.3 is 0 Å². The molecule has 0 aliphatic carbocycles. The van der Waals surface area contributed by atoms with Gasteiger partial charge in [0.2, 0.25) is 10.9 Å². The Balaban J connectivity index is 2.07. The van der Waals surface area contributed by atoms with Crippen LogP contribution in [0.3, 0.4) is 0 Å². The van der Waals surface area contributed by atoms with Gasteiger partial charge in [0.1, 0.15) is 5.71 Å². The predicted molar refractivity (Wildman–Crippen MR) is 85.5 cm³/mol. The Bertz CT molecular complexity index is 750. The maximum absolute atomic E-state index is 12.7. The standard InChI is InChI=1S/C17H12N2OS/c20-16(14-9-5-2-6-10-14)15(13-7-3-1-4-8-13)19-17-18-11-12-21-17/h1-12H/b19-15+. The first-order chi connectivity index (χ1) is 10.3. The number of carbonyl (C=O) groups excluding carboxylic acids is 1. The number of carbonyl (C=O) groups is 1. The third-order valence-corrected chi connectivity index (χ3v) is 3.59. The zero-order chi connectivity index (χ0) is 14.5. The van der Waals surface area contributed by atoms with E-state index in [4.69, 9.17) is 0 Å². The summed E-state index contributed by atoms with van der Waals surface area (Å²) in [5.74, 6) is -0.1000. The molecule has 3 nitrogen and oxygen atoms in total. The summed E-state index contributed by atoms with van der Waals surface area (Å²) >= 11 is 1.41. The molecule has 0 saturated heterocycles. The van der Waals surface area contributed by atoms with E-state index in [1.54, 1.807) is 18.3 Å². The molecule has 0 spiro atoms. The summed E-state index contributed by atoms with van der Waals surface area (Å²) in [4.78, 5) is 21.3. The first-order valence-electron chi connectivity index (χ1n) is 6.48. The van der Waals surface area contributed by atoms with Gasteiger partial charge in [0, 0.05) is 22.7 Å². The van der Waals surface area contributed by atoms with Crippen molar-refractivity contribution in [3.63, 3.8) is 0 Å². The molecular weight excluding hydrogens is 280 g/mol. The fourth-order valence-electron chi connectivity index (χ4n) is 1.94. The minimum Gasteiger partial charge on any atom is -0.287 e. The monoisotopic (exact) mass is 292 g/mol. The number of benzene rings is 2. The minimum atomic E-state index is -0.1000. The van der Waals surface area contributed by atoms with Crippen LogP contribution in [0.4, 0.5) is 5.13 Å². The summed E-state index contributed by atoms with van der Waals surface area (Å²) in [7, 11) is 0. The van der Waals surface area contributed by atoms with Crippen molar-refractivity contribution in [2.75, 3.05) is 0 Å². The van der Waals surface area contributed by atoms with Crippen molar-refractivity contribution in [1.82, 2.24) is 4.98 Å². The topological polar surface area (TPSA) is 42.3 Å². The summed E-state index contributed by atoms with van der Waals surface area (Å²) in [6.45, 7) is 0. The van der Waals surface area contributed by atoms with E-state index in [-0.39, 0.29) is 5.78 Å². The van der Waals surface area contributed by atoms with Crippen LogP contribution >= 0.6 is 11.3 Å². The van der Waals surface area contributed by atoms with Gasteiger partial charge in [-0.2, -0.15) is 0 Å². The molecule has 0 aliphatic rings. The van der Waals surface area contributed by atoms with Crippen LogP contribution in [0.1, 0.15) is 15.9 Å². The van der Waals surface area contributed by atoms with Crippen LogP contribution in [0, 0.1) is 0 Å². The summed E-state index contributed by atoms with van der Waals surface area (Å²) in [5, 5.41) is 2.42. The van der Waals surface area contributed by atoms with Crippen LogP contribution in [0.2, 0.25) is 0 Å². The highest BCUT2D eigenvalue weighted by Crippen LogP contribution is 2.18. The van der Waals surface area contributed by atoms with Crippen molar-refractivity contribution >= 4 is 28.0 Å². The minimum absolute atomic E-state index is 0.1000. The van der Waals surface area contributed by atoms with Crippen molar-refractivity contribution in [2.24, 2.45) is 4.99 Å². The maximum atomic E-state index is 12.7. The Morgan fingerprint density at radius 1 is 0.905 bits per heavy atom. The molecule has 0 saturated carbocycles. The Morgan fingerprint density at radius 2 is 1.52 bits per heavy atom. The van der Waals surface area contributed by atoms with E-state index in [0.29, 0.717) is 16.4 Å². The molecule has 0 bridgehead atoms. The van der Waals surface area contributed by atoms with Crippen molar-refractivity contribution in [3.05, 3.63) is 83.4 Å². The lowest BCUT2D eigenvalue weighted by molar-refractivity contribution is 0.106. The summed E-state index contributed by atoms with van der Waals surface area (Å²) in [6, 6.07) is 18.6. The second-order valence-corrected chi connectivity index (χ2v) is 5.21. The van der Waals surface area contributed by atoms with E-state index in [0.717, 1.165) is 5.56 Å². The molecule has 1 heterocycles. The zero-order valence-electron chi connectivity index (χ0n) is 11.1. The van der Waals surface area contributed by atoms with Crippen molar-refractivity contribution < 1.29 is 4.79 Å². The lowest BCUT2D eigenvalue weighted by atomic mass is 10.0. The molecule has 0 aliphatic heterocycles. The highest BCUT2D eigenvalue weighted by molar-refractivity contribution is 7.13. The van der Waals surface area contributed by atoms with Gasteiger partial charge >= 0.3 is 0 Å². The molecule has 0 amide bonds. The van der Waals surface area contributed by atoms with Gasteiger partial charge in [-0.3, -0.25) is 4.79 Å². The van der Waals surface area contributed by atoms with E-state index in [1.807, 2.05) is 53.9 Å². The number of hydrogen-bond acceptors (Lipinski definition) is 4. The number of aliphatic imine (C=N–C) groups is 1. The first kappa shape index (κ1) is 13.4. The Kier molecular flexibility index (Phi) is 3.98. The number of ketones is 1. The molecule has 0 atom stereocenters. The van der Waals surface area contributed by atoms with E-state index >= 15 is 0 Å². The van der Waals surface area contributed by atoms with Gasteiger partial charge in [-0.25, -0.2) is 9.98 Å². The summed E-state index contributed by atoms with van der Waals surface area (Å²) in [6.07, 6.45) is 1.68. The molecule has 4 heteroatoms. The van der Waals surface area contributed by atoms with Crippen LogP contribution in [0.25, 0.3) is 0 Å². The number of hydrogen-bond donors (Lipinski definition) is 0. The predicted octanol–water partition coefficient (Wildman–Crippen LogP) is 4.15. The van der Waals surface area contributed by atoms with Crippen LogP contribution in [-0.2, 0) is 0 Å². The summed E-state index contributed by atoms with van der Waals surface area (Å²) in [5.41, 5.74) is 1.83. The van der Waals surface area contributed by atoms with Gasteiger partial charge in [-0.15, -0.1) is 11.3 Å². The van der Waals surface area contributed by atoms with Gasteiger partial charge in [-0.1, -0.05) is 60.7 Å². The average molecular weight is 292 g/mol. The molecule has 1 aromatic heterocycles. The zero-order valence-corrected chi connectivity index (χ0v) is 12.0. The molecule has 3 rings (SSSR count).